The van der Waals surface area contributed by atoms with Gasteiger partial charge in [-0.3, -0.25) is 14.8 Å². The van der Waals surface area contributed by atoms with Crippen LogP contribution >= 0.6 is 0 Å². The van der Waals surface area contributed by atoms with E-state index in [0.29, 0.717) is 5.52 Å². The van der Waals surface area contributed by atoms with Crippen LogP contribution in [-0.4, -0.2) is 53.5 Å². The van der Waals surface area contributed by atoms with Gasteiger partial charge in [0.25, 0.3) is 5.91 Å². The smallest absolute Gasteiger partial charge is 0.261 e. The predicted octanol–water partition coefficient (Wildman–Crippen LogP) is 3.78. The summed E-state index contributed by atoms with van der Waals surface area (Å²) >= 11 is 0. The van der Waals surface area contributed by atoms with Crippen molar-refractivity contribution in [3.05, 3.63) is 66.3 Å². The van der Waals surface area contributed by atoms with Gasteiger partial charge in [0.1, 0.15) is 23.5 Å². The van der Waals surface area contributed by atoms with Gasteiger partial charge in [0.15, 0.2) is 17.4 Å². The molecule has 0 saturated heterocycles. The van der Waals surface area contributed by atoms with Gasteiger partial charge in [0.05, 0.1) is 31.0 Å². The van der Waals surface area contributed by atoms with E-state index in [1.165, 1.54) is 51.1 Å². The summed E-state index contributed by atoms with van der Waals surface area (Å²) in [5.41, 5.74) is 0.318. The molecule has 0 bridgehead atoms. The Hall–Kier alpha value is -4.45. The first-order valence-electron chi connectivity index (χ1n) is 10.2. The highest BCUT2D eigenvalue weighted by atomic mass is 19.1. The first-order chi connectivity index (χ1) is 17.0. The topological polar surface area (TPSA) is 118 Å². The van der Waals surface area contributed by atoms with Crippen molar-refractivity contribution in [1.29, 1.82) is 0 Å². The molecular weight excluding hydrogens is 464 g/mol. The van der Waals surface area contributed by atoms with Crippen LogP contribution in [0.25, 0.3) is 10.9 Å². The molecule has 180 valence electrons. The van der Waals surface area contributed by atoms with Gasteiger partial charge in [-0.1, -0.05) is 0 Å². The minimum Gasteiger partial charge on any atom is -0.496 e. The summed E-state index contributed by atoms with van der Waals surface area (Å²) in [6.45, 7) is 0.452. The zero-order valence-corrected chi connectivity index (χ0v) is 18.6. The fourth-order valence-electron chi connectivity index (χ4n) is 3.13. The number of hydrogen-bond donors (Lipinski definition) is 1. The number of rotatable bonds is 9. The van der Waals surface area contributed by atoms with E-state index in [2.05, 4.69) is 25.5 Å². The number of aromatic nitrogens is 4. The van der Waals surface area contributed by atoms with Crippen LogP contribution in [0.4, 0.5) is 14.5 Å². The highest BCUT2D eigenvalue weighted by Crippen LogP contribution is 2.36. The Morgan fingerprint density at radius 1 is 1.03 bits per heavy atom. The van der Waals surface area contributed by atoms with Crippen LogP contribution in [0.5, 0.6) is 23.1 Å². The zero-order valence-electron chi connectivity index (χ0n) is 18.6. The molecule has 0 radical (unpaired) electrons. The molecule has 12 heteroatoms. The van der Waals surface area contributed by atoms with Crippen molar-refractivity contribution < 1.29 is 32.5 Å². The van der Waals surface area contributed by atoms with E-state index < -0.39 is 23.3 Å². The van der Waals surface area contributed by atoms with Crippen molar-refractivity contribution in [1.82, 2.24) is 20.2 Å². The molecule has 0 saturated carbocycles. The fourth-order valence-corrected chi connectivity index (χ4v) is 3.13. The van der Waals surface area contributed by atoms with Crippen molar-refractivity contribution in [3.63, 3.8) is 0 Å². The molecule has 0 spiro atoms. The second kappa shape index (κ2) is 10.7. The Labute approximate surface area is 197 Å². The third-order valence-electron chi connectivity index (χ3n) is 4.72. The number of nitrogens with one attached hydrogen (secondary N) is 1. The van der Waals surface area contributed by atoms with Gasteiger partial charge in [-0.2, -0.15) is 5.10 Å². The molecule has 10 nitrogen and oxygen atoms in total. The maximum absolute atomic E-state index is 14.9. The van der Waals surface area contributed by atoms with Crippen molar-refractivity contribution >= 4 is 22.5 Å². The molecule has 4 rings (SSSR count). The van der Waals surface area contributed by atoms with Gasteiger partial charge in [-0.05, 0) is 12.1 Å². The third kappa shape index (κ3) is 5.22. The molecule has 0 fully saturated rings. The number of hydrogen-bond acceptors (Lipinski definition) is 9. The summed E-state index contributed by atoms with van der Waals surface area (Å²) in [6, 6.07) is 4.76. The van der Waals surface area contributed by atoms with Crippen LogP contribution < -0.4 is 19.5 Å². The number of carbonyl (C=O) groups excluding carboxylic acids is 1. The van der Waals surface area contributed by atoms with E-state index in [1.54, 1.807) is 0 Å². The average Bonchev–Trinajstić information content (AvgIpc) is 2.86. The molecule has 0 unspecified atom stereocenters. The van der Waals surface area contributed by atoms with Crippen molar-refractivity contribution in [3.8, 4) is 23.1 Å². The molecule has 0 aliphatic heterocycles. The van der Waals surface area contributed by atoms with Gasteiger partial charge in [-0.15, -0.1) is 5.10 Å². The maximum Gasteiger partial charge on any atom is 0.261 e. The molecule has 4 aromatic rings. The standard InChI is InChI=1S/C23H19F2N5O5/c1-32-7-8-34-23-20-17(12-28-30-23)27-6-4-19(20)35-21-15(24)9-13(10-16(21)25)29-22(31)14-11-26-5-3-18(14)33-2/h3-6,9-12H,7-8H2,1-2H3,(H,29,31). The highest BCUT2D eigenvalue weighted by Gasteiger charge is 2.20. The first-order valence-corrected chi connectivity index (χ1v) is 10.2. The zero-order chi connectivity index (χ0) is 24.8. The minimum atomic E-state index is -1.05. The average molecular weight is 483 g/mol. The number of methoxy groups -OCH3 is 2. The second-order valence-corrected chi connectivity index (χ2v) is 6.96. The summed E-state index contributed by atoms with van der Waals surface area (Å²) in [7, 11) is 2.90. The minimum absolute atomic E-state index is 0.0481. The van der Waals surface area contributed by atoms with Crippen LogP contribution in [0.3, 0.4) is 0 Å². The Balaban J connectivity index is 1.62. The number of ether oxygens (including phenoxy) is 4. The summed E-state index contributed by atoms with van der Waals surface area (Å²) in [5.74, 6) is -3.06. The summed E-state index contributed by atoms with van der Waals surface area (Å²) in [6.07, 6.45) is 5.49. The number of halogens is 2. The Bertz CT molecular complexity index is 1340. The molecule has 0 atom stereocenters. The van der Waals surface area contributed by atoms with Crippen LogP contribution in [0.1, 0.15) is 10.4 Å². The lowest BCUT2D eigenvalue weighted by Gasteiger charge is -2.14. The lowest BCUT2D eigenvalue weighted by Crippen LogP contribution is -2.14. The molecule has 35 heavy (non-hydrogen) atoms. The highest BCUT2D eigenvalue weighted by molar-refractivity contribution is 6.06. The number of pyridine rings is 2. The van der Waals surface area contributed by atoms with E-state index in [9.17, 15) is 13.6 Å². The number of carbonyl (C=O) groups is 1. The Kier molecular flexibility index (Phi) is 7.21. The van der Waals surface area contributed by atoms with E-state index in [1.807, 2.05) is 0 Å². The monoisotopic (exact) mass is 483 g/mol. The largest absolute Gasteiger partial charge is 0.496 e. The van der Waals surface area contributed by atoms with E-state index >= 15 is 0 Å². The lowest BCUT2D eigenvalue weighted by atomic mass is 10.2. The number of fused-ring (bicyclic) bond motifs is 1. The molecule has 1 amide bonds. The second-order valence-electron chi connectivity index (χ2n) is 6.96. The lowest BCUT2D eigenvalue weighted by molar-refractivity contribution is 0.102. The molecule has 3 heterocycles. The molecule has 1 N–H and O–H groups in total. The van der Waals surface area contributed by atoms with Gasteiger partial charge in [-0.25, -0.2) is 8.78 Å². The predicted molar refractivity (Wildman–Crippen MR) is 120 cm³/mol. The molecular formula is C23H19F2N5O5. The quantitative estimate of drug-likeness (QED) is 0.355. The summed E-state index contributed by atoms with van der Waals surface area (Å²) in [5, 5.41) is 10.4. The summed E-state index contributed by atoms with van der Waals surface area (Å²) in [4.78, 5) is 20.6. The maximum atomic E-state index is 14.9. The van der Waals surface area contributed by atoms with Crippen molar-refractivity contribution in [2.24, 2.45) is 0 Å². The number of nitrogens with zero attached hydrogens (tertiary/aromatic N) is 4. The fraction of sp³-hybridized carbons (Fsp3) is 0.174. The van der Waals surface area contributed by atoms with E-state index in [0.717, 1.165) is 12.1 Å². The number of benzene rings is 1. The molecule has 0 aliphatic rings. The van der Waals surface area contributed by atoms with Crippen LogP contribution in [0, 0.1) is 11.6 Å². The molecule has 0 aliphatic carbocycles. The molecule has 3 aromatic heterocycles. The van der Waals surface area contributed by atoms with E-state index in [-0.39, 0.29) is 47.2 Å². The van der Waals surface area contributed by atoms with Crippen molar-refractivity contribution in [2.45, 2.75) is 0 Å². The van der Waals surface area contributed by atoms with Gasteiger partial charge in [0.2, 0.25) is 5.88 Å². The summed E-state index contributed by atoms with van der Waals surface area (Å²) < 4.78 is 51.0. The SMILES string of the molecule is COCCOc1nncc2nccc(Oc3c(F)cc(NC(=O)c4cnccc4OC)cc3F)c12. The normalized spacial score (nSPS) is 10.7. The van der Waals surface area contributed by atoms with Gasteiger partial charge in [0, 0.05) is 43.5 Å². The van der Waals surface area contributed by atoms with Crippen LogP contribution in [0.15, 0.2) is 49.1 Å². The third-order valence-corrected chi connectivity index (χ3v) is 4.72. The van der Waals surface area contributed by atoms with E-state index in [4.69, 9.17) is 18.9 Å². The number of anilines is 1. The van der Waals surface area contributed by atoms with Gasteiger partial charge >= 0.3 is 0 Å². The van der Waals surface area contributed by atoms with Gasteiger partial charge < -0.3 is 24.3 Å². The molecule has 1 aromatic carbocycles. The Morgan fingerprint density at radius 3 is 2.54 bits per heavy atom. The first kappa shape index (κ1) is 23.7. The Morgan fingerprint density at radius 2 is 1.80 bits per heavy atom. The number of amides is 1. The van der Waals surface area contributed by atoms with Crippen LogP contribution in [0.2, 0.25) is 0 Å². The van der Waals surface area contributed by atoms with Crippen LogP contribution in [-0.2, 0) is 4.74 Å². The van der Waals surface area contributed by atoms with Crippen molar-refractivity contribution in [2.75, 3.05) is 32.8 Å².